The maximum absolute atomic E-state index is 11.1. The lowest BCUT2D eigenvalue weighted by Gasteiger charge is -2.03. The lowest BCUT2D eigenvalue weighted by Crippen LogP contribution is -1.99. The van der Waals surface area contributed by atoms with E-state index in [-0.39, 0.29) is 12.4 Å². The highest BCUT2D eigenvalue weighted by atomic mass is 16.5. The van der Waals surface area contributed by atoms with Crippen molar-refractivity contribution in [2.75, 3.05) is 13.7 Å². The molecule has 0 aliphatic carbocycles. The molecule has 0 unspecified atom stereocenters. The molecule has 0 bridgehead atoms. The van der Waals surface area contributed by atoms with Gasteiger partial charge in [0.05, 0.1) is 7.11 Å². The van der Waals surface area contributed by atoms with Gasteiger partial charge in [-0.1, -0.05) is 12.0 Å². The lowest BCUT2D eigenvalue weighted by atomic mass is 10.2. The molecule has 1 aromatic rings. The normalized spacial score (nSPS) is 9.88. The van der Waals surface area contributed by atoms with E-state index in [1.54, 1.807) is 18.2 Å². The Morgan fingerprint density at radius 1 is 1.59 bits per heavy atom. The fraction of sp³-hybridized carbons (Fsp3) is 0.154. The van der Waals surface area contributed by atoms with Crippen LogP contribution in [-0.2, 0) is 9.53 Å². The van der Waals surface area contributed by atoms with E-state index in [2.05, 4.69) is 10.7 Å². The van der Waals surface area contributed by atoms with Gasteiger partial charge in [-0.2, -0.15) is 0 Å². The van der Waals surface area contributed by atoms with E-state index in [1.807, 2.05) is 0 Å². The number of carbonyl (C=O) groups excluding carboxylic acids is 1. The zero-order chi connectivity index (χ0) is 12.7. The van der Waals surface area contributed by atoms with Crippen molar-refractivity contribution in [3.63, 3.8) is 0 Å². The summed E-state index contributed by atoms with van der Waals surface area (Å²) in [6, 6.07) is 4.72. The molecule has 0 heterocycles. The highest BCUT2D eigenvalue weighted by molar-refractivity contribution is 5.87. The molecule has 0 spiro atoms. The average Bonchev–Trinajstić information content (AvgIpc) is 2.35. The highest BCUT2D eigenvalue weighted by Gasteiger charge is 2.01. The predicted molar refractivity (Wildman–Crippen MR) is 63.5 cm³/mol. The van der Waals surface area contributed by atoms with Crippen LogP contribution < -0.4 is 4.74 Å². The van der Waals surface area contributed by atoms with Crippen LogP contribution in [0.15, 0.2) is 24.3 Å². The molecule has 0 aromatic heterocycles. The monoisotopic (exact) mass is 232 g/mol. The van der Waals surface area contributed by atoms with Crippen LogP contribution in [0.2, 0.25) is 0 Å². The van der Waals surface area contributed by atoms with Gasteiger partial charge in [0.1, 0.15) is 0 Å². The van der Waals surface area contributed by atoms with Crippen molar-refractivity contribution in [3.05, 3.63) is 29.8 Å². The van der Waals surface area contributed by atoms with Crippen LogP contribution in [0.1, 0.15) is 5.56 Å². The molecule has 4 heteroatoms. The molecule has 0 saturated heterocycles. The van der Waals surface area contributed by atoms with Gasteiger partial charge in [-0.05, 0) is 23.8 Å². The summed E-state index contributed by atoms with van der Waals surface area (Å²) in [6.45, 7) is -0.0535. The molecule has 0 amide bonds. The molecule has 0 atom stereocenters. The van der Waals surface area contributed by atoms with Crippen molar-refractivity contribution >= 4 is 12.0 Å². The fourth-order valence-electron chi connectivity index (χ4n) is 1.12. The maximum Gasteiger partial charge on any atom is 0.331 e. The number of terminal acetylenes is 1. The van der Waals surface area contributed by atoms with Crippen molar-refractivity contribution in [1.29, 1.82) is 0 Å². The number of hydrogen-bond donors (Lipinski definition) is 1. The molecule has 17 heavy (non-hydrogen) atoms. The van der Waals surface area contributed by atoms with Crippen molar-refractivity contribution in [1.82, 2.24) is 0 Å². The average molecular weight is 232 g/mol. The van der Waals surface area contributed by atoms with E-state index in [4.69, 9.17) is 11.2 Å². The van der Waals surface area contributed by atoms with E-state index in [0.717, 1.165) is 0 Å². The molecule has 0 fully saturated rings. The number of hydrogen-bond acceptors (Lipinski definition) is 4. The third-order valence-electron chi connectivity index (χ3n) is 1.91. The third-order valence-corrected chi connectivity index (χ3v) is 1.91. The van der Waals surface area contributed by atoms with Crippen LogP contribution in [0.5, 0.6) is 11.5 Å². The van der Waals surface area contributed by atoms with Crippen molar-refractivity contribution in [2.45, 2.75) is 0 Å². The number of methoxy groups -OCH3 is 1. The summed E-state index contributed by atoms with van der Waals surface area (Å²) >= 11 is 0. The van der Waals surface area contributed by atoms with Crippen LogP contribution >= 0.6 is 0 Å². The van der Waals surface area contributed by atoms with Gasteiger partial charge < -0.3 is 14.6 Å². The minimum Gasteiger partial charge on any atom is -0.504 e. The Hall–Kier alpha value is -2.41. The van der Waals surface area contributed by atoms with Crippen LogP contribution in [0.4, 0.5) is 0 Å². The summed E-state index contributed by atoms with van der Waals surface area (Å²) in [4.78, 5) is 11.1. The van der Waals surface area contributed by atoms with Gasteiger partial charge >= 0.3 is 5.97 Å². The first-order valence-corrected chi connectivity index (χ1v) is 4.82. The number of carbonyl (C=O) groups is 1. The first-order chi connectivity index (χ1) is 8.17. The van der Waals surface area contributed by atoms with Crippen molar-refractivity contribution in [2.24, 2.45) is 0 Å². The van der Waals surface area contributed by atoms with Gasteiger partial charge in [-0.15, -0.1) is 6.42 Å². The second-order valence-electron chi connectivity index (χ2n) is 3.08. The lowest BCUT2D eigenvalue weighted by molar-refractivity contribution is -0.136. The molecule has 4 nitrogen and oxygen atoms in total. The van der Waals surface area contributed by atoms with Crippen molar-refractivity contribution < 1.29 is 19.4 Å². The third kappa shape index (κ3) is 3.92. The highest BCUT2D eigenvalue weighted by Crippen LogP contribution is 2.26. The predicted octanol–water partition coefficient (Wildman–Crippen LogP) is 1.59. The SMILES string of the molecule is C#CCOC(=O)/C=C/c1ccc(O)c(OC)c1. The van der Waals surface area contributed by atoms with Gasteiger partial charge in [-0.3, -0.25) is 0 Å². The number of ether oxygens (including phenoxy) is 2. The molecular formula is C13H12O4. The van der Waals surface area contributed by atoms with Gasteiger partial charge in [0.15, 0.2) is 18.1 Å². The number of rotatable bonds is 4. The van der Waals surface area contributed by atoms with Gasteiger partial charge in [-0.25, -0.2) is 4.79 Å². The number of phenolic OH excluding ortho intramolecular Hbond substituents is 1. The second-order valence-corrected chi connectivity index (χ2v) is 3.08. The summed E-state index contributed by atoms with van der Waals surface area (Å²) in [6.07, 6.45) is 7.74. The molecule has 0 radical (unpaired) electrons. The summed E-state index contributed by atoms with van der Waals surface area (Å²) < 4.78 is 9.58. The van der Waals surface area contributed by atoms with E-state index in [1.165, 1.54) is 19.3 Å². The zero-order valence-corrected chi connectivity index (χ0v) is 9.34. The van der Waals surface area contributed by atoms with E-state index >= 15 is 0 Å². The zero-order valence-electron chi connectivity index (χ0n) is 9.34. The summed E-state index contributed by atoms with van der Waals surface area (Å²) in [7, 11) is 1.45. The Balaban J connectivity index is 2.72. The largest absolute Gasteiger partial charge is 0.504 e. The quantitative estimate of drug-likeness (QED) is 0.486. The van der Waals surface area contributed by atoms with Crippen LogP contribution in [0.25, 0.3) is 6.08 Å². The van der Waals surface area contributed by atoms with Gasteiger partial charge in [0.25, 0.3) is 0 Å². The number of benzene rings is 1. The maximum atomic E-state index is 11.1. The summed E-state index contributed by atoms with van der Waals surface area (Å²) in [5.74, 6) is 2.05. The Labute approximate surface area is 99.5 Å². The van der Waals surface area contributed by atoms with Gasteiger partial charge in [0.2, 0.25) is 0 Å². The number of aromatic hydroxyl groups is 1. The minimum atomic E-state index is -0.519. The van der Waals surface area contributed by atoms with Gasteiger partial charge in [0, 0.05) is 6.08 Å². The van der Waals surface area contributed by atoms with E-state index in [9.17, 15) is 9.90 Å². The van der Waals surface area contributed by atoms with Crippen molar-refractivity contribution in [3.8, 4) is 23.8 Å². The Morgan fingerprint density at radius 2 is 2.35 bits per heavy atom. The molecule has 0 aliphatic heterocycles. The Bertz CT molecular complexity index is 469. The first-order valence-electron chi connectivity index (χ1n) is 4.82. The summed E-state index contributed by atoms with van der Waals surface area (Å²) in [5, 5.41) is 9.37. The Kier molecular flexibility index (Phi) is 4.64. The first kappa shape index (κ1) is 12.7. The second kappa shape index (κ2) is 6.23. The molecule has 1 N–H and O–H groups in total. The molecule has 1 rings (SSSR count). The van der Waals surface area contributed by atoms with E-state index in [0.29, 0.717) is 11.3 Å². The topological polar surface area (TPSA) is 55.8 Å². The molecule has 0 saturated carbocycles. The van der Waals surface area contributed by atoms with Crippen LogP contribution in [0.3, 0.4) is 0 Å². The molecular weight excluding hydrogens is 220 g/mol. The van der Waals surface area contributed by atoms with Crippen LogP contribution in [-0.4, -0.2) is 24.8 Å². The molecule has 0 aliphatic rings. The molecule has 88 valence electrons. The standard InChI is InChI=1S/C13H12O4/c1-3-8-17-13(15)7-5-10-4-6-11(14)12(9-10)16-2/h1,4-7,9,14H,8H2,2H3/b7-5+. The molecule has 1 aromatic carbocycles. The fourth-order valence-corrected chi connectivity index (χ4v) is 1.12. The summed E-state index contributed by atoms with van der Waals surface area (Å²) in [5.41, 5.74) is 0.706. The minimum absolute atomic E-state index is 0.0413. The Morgan fingerprint density at radius 3 is 3.00 bits per heavy atom. The number of esters is 1. The number of phenols is 1. The van der Waals surface area contributed by atoms with Crippen LogP contribution in [0, 0.1) is 12.3 Å². The van der Waals surface area contributed by atoms with E-state index < -0.39 is 5.97 Å². The smallest absolute Gasteiger partial charge is 0.331 e.